The first-order chi connectivity index (χ1) is 11.3. The van der Waals surface area contributed by atoms with E-state index in [1.54, 1.807) is 0 Å². The molecule has 0 amide bonds. The molecular formula is C20H37N3. The van der Waals surface area contributed by atoms with Gasteiger partial charge in [0, 0.05) is 19.3 Å². The van der Waals surface area contributed by atoms with Gasteiger partial charge in [0.15, 0.2) is 0 Å². The van der Waals surface area contributed by atoms with Crippen LogP contribution in [0.4, 0.5) is 0 Å². The quantitative estimate of drug-likeness (QED) is 0.404. The zero-order valence-electron chi connectivity index (χ0n) is 15.7. The third-order valence-electron chi connectivity index (χ3n) is 4.26. The molecule has 0 aromatic carbocycles. The van der Waals surface area contributed by atoms with Crippen LogP contribution in [0.2, 0.25) is 0 Å². The van der Waals surface area contributed by atoms with Gasteiger partial charge in [0.05, 0.1) is 0 Å². The first kappa shape index (κ1) is 20.1. The smallest absolute Gasteiger partial charge is 0.132 e. The van der Waals surface area contributed by atoms with E-state index in [1.807, 2.05) is 0 Å². The van der Waals surface area contributed by atoms with Crippen LogP contribution in [-0.4, -0.2) is 15.0 Å². The van der Waals surface area contributed by atoms with Crippen molar-refractivity contribution in [2.24, 2.45) is 0 Å². The van der Waals surface area contributed by atoms with Crippen molar-refractivity contribution in [3.05, 3.63) is 17.5 Å². The summed E-state index contributed by atoms with van der Waals surface area (Å²) < 4.78 is 0. The van der Waals surface area contributed by atoms with Gasteiger partial charge in [-0.2, -0.15) is 0 Å². The average Bonchev–Trinajstić information content (AvgIpc) is 2.55. The second-order valence-electron chi connectivity index (χ2n) is 6.66. The van der Waals surface area contributed by atoms with Gasteiger partial charge in [0.2, 0.25) is 0 Å². The molecule has 0 saturated heterocycles. The van der Waals surface area contributed by atoms with Gasteiger partial charge in [0.1, 0.15) is 17.5 Å². The summed E-state index contributed by atoms with van der Waals surface area (Å²) in [7, 11) is 0. The minimum absolute atomic E-state index is 0.980. The summed E-state index contributed by atoms with van der Waals surface area (Å²) >= 11 is 0. The largest absolute Gasteiger partial charge is 0.218 e. The molecule has 0 saturated carbocycles. The van der Waals surface area contributed by atoms with Crippen LogP contribution < -0.4 is 0 Å². The molecule has 0 aliphatic heterocycles. The fourth-order valence-corrected chi connectivity index (χ4v) is 2.85. The van der Waals surface area contributed by atoms with Crippen LogP contribution in [0, 0.1) is 0 Å². The van der Waals surface area contributed by atoms with Crippen molar-refractivity contribution >= 4 is 0 Å². The molecule has 1 aromatic rings. The van der Waals surface area contributed by atoms with Crippen molar-refractivity contribution in [1.29, 1.82) is 0 Å². The van der Waals surface area contributed by atoms with Crippen molar-refractivity contribution in [1.82, 2.24) is 15.0 Å². The molecule has 23 heavy (non-hydrogen) atoms. The highest BCUT2D eigenvalue weighted by Gasteiger charge is 2.06. The third-order valence-corrected chi connectivity index (χ3v) is 4.26. The van der Waals surface area contributed by atoms with Crippen LogP contribution in [-0.2, 0) is 19.3 Å². The zero-order chi connectivity index (χ0) is 16.8. The van der Waals surface area contributed by atoms with Gasteiger partial charge in [-0.3, -0.25) is 0 Å². The van der Waals surface area contributed by atoms with Gasteiger partial charge in [-0.25, -0.2) is 15.0 Å². The van der Waals surface area contributed by atoms with Crippen LogP contribution in [0.15, 0.2) is 0 Å². The minimum atomic E-state index is 0.980. The van der Waals surface area contributed by atoms with E-state index < -0.39 is 0 Å². The van der Waals surface area contributed by atoms with E-state index in [9.17, 15) is 0 Å². The van der Waals surface area contributed by atoms with Gasteiger partial charge >= 0.3 is 0 Å². The molecule has 0 unspecified atom stereocenters. The molecule has 132 valence electrons. The van der Waals surface area contributed by atoms with Gasteiger partial charge in [-0.15, -0.1) is 0 Å². The van der Waals surface area contributed by atoms with Crippen molar-refractivity contribution in [2.75, 3.05) is 0 Å². The number of unbranched alkanes of at least 4 members (excludes halogenated alkanes) is 8. The first-order valence-corrected chi connectivity index (χ1v) is 10.0. The summed E-state index contributed by atoms with van der Waals surface area (Å²) in [4.78, 5) is 14.1. The molecule has 0 atom stereocenters. The number of aromatic nitrogens is 3. The Bertz CT molecular complexity index is 372. The molecule has 0 bridgehead atoms. The highest BCUT2D eigenvalue weighted by molar-refractivity contribution is 4.98. The Morgan fingerprint density at radius 3 is 1.22 bits per heavy atom. The topological polar surface area (TPSA) is 38.7 Å². The van der Waals surface area contributed by atoms with E-state index in [-0.39, 0.29) is 0 Å². The maximum Gasteiger partial charge on any atom is 0.132 e. The standard InChI is InChI=1S/C20H37N3/c1-4-7-9-11-13-16-19-21-18(15-6-3)22-20(23-19)17-14-12-10-8-5-2/h4-17H2,1-3H3. The molecule has 0 aliphatic rings. The lowest BCUT2D eigenvalue weighted by Crippen LogP contribution is -2.08. The molecule has 1 heterocycles. The average molecular weight is 320 g/mol. The summed E-state index contributed by atoms with van der Waals surface area (Å²) in [6.45, 7) is 6.71. The molecule has 0 radical (unpaired) electrons. The van der Waals surface area contributed by atoms with Gasteiger partial charge < -0.3 is 0 Å². The molecular weight excluding hydrogens is 282 g/mol. The summed E-state index contributed by atoms with van der Waals surface area (Å²) in [5, 5.41) is 0. The highest BCUT2D eigenvalue weighted by atomic mass is 15.0. The summed E-state index contributed by atoms with van der Waals surface area (Å²) in [6, 6.07) is 0. The Balaban J connectivity index is 2.48. The van der Waals surface area contributed by atoms with Crippen molar-refractivity contribution in [2.45, 2.75) is 111 Å². The Hall–Kier alpha value is -0.990. The van der Waals surface area contributed by atoms with E-state index in [2.05, 4.69) is 30.7 Å². The van der Waals surface area contributed by atoms with Crippen LogP contribution in [0.5, 0.6) is 0 Å². The van der Waals surface area contributed by atoms with Crippen LogP contribution >= 0.6 is 0 Å². The van der Waals surface area contributed by atoms with E-state index in [0.29, 0.717) is 0 Å². The molecule has 0 N–H and O–H groups in total. The lowest BCUT2D eigenvalue weighted by Gasteiger charge is -2.07. The van der Waals surface area contributed by atoms with Crippen molar-refractivity contribution in [3.8, 4) is 0 Å². The van der Waals surface area contributed by atoms with E-state index in [1.165, 1.54) is 64.2 Å². The minimum Gasteiger partial charge on any atom is -0.218 e. The van der Waals surface area contributed by atoms with Gasteiger partial charge in [0.25, 0.3) is 0 Å². The Morgan fingerprint density at radius 1 is 0.435 bits per heavy atom. The molecule has 0 spiro atoms. The maximum atomic E-state index is 4.73. The summed E-state index contributed by atoms with van der Waals surface area (Å²) in [6.07, 6.45) is 17.1. The Morgan fingerprint density at radius 2 is 0.826 bits per heavy atom. The first-order valence-electron chi connectivity index (χ1n) is 10.0. The fourth-order valence-electron chi connectivity index (χ4n) is 2.85. The van der Waals surface area contributed by atoms with E-state index in [4.69, 9.17) is 4.98 Å². The molecule has 0 aliphatic carbocycles. The second-order valence-corrected chi connectivity index (χ2v) is 6.66. The number of hydrogen-bond acceptors (Lipinski definition) is 3. The zero-order valence-corrected chi connectivity index (χ0v) is 15.7. The van der Waals surface area contributed by atoms with Crippen LogP contribution in [0.1, 0.15) is 109 Å². The number of hydrogen-bond donors (Lipinski definition) is 0. The van der Waals surface area contributed by atoms with Crippen molar-refractivity contribution < 1.29 is 0 Å². The molecule has 1 aromatic heterocycles. The maximum absolute atomic E-state index is 4.73. The van der Waals surface area contributed by atoms with Gasteiger partial charge in [-0.05, 0) is 19.3 Å². The number of aryl methyl sites for hydroxylation is 3. The summed E-state index contributed by atoms with van der Waals surface area (Å²) in [5.74, 6) is 3.07. The Kier molecular flexibility index (Phi) is 11.7. The second kappa shape index (κ2) is 13.4. The van der Waals surface area contributed by atoms with Gasteiger partial charge in [-0.1, -0.05) is 72.1 Å². The van der Waals surface area contributed by atoms with E-state index in [0.717, 1.165) is 43.2 Å². The molecule has 3 heteroatoms. The normalized spacial score (nSPS) is 11.1. The lowest BCUT2D eigenvalue weighted by molar-refractivity contribution is 0.600. The molecule has 3 nitrogen and oxygen atoms in total. The third kappa shape index (κ3) is 9.68. The van der Waals surface area contributed by atoms with Crippen LogP contribution in [0.3, 0.4) is 0 Å². The van der Waals surface area contributed by atoms with Crippen molar-refractivity contribution in [3.63, 3.8) is 0 Å². The monoisotopic (exact) mass is 319 g/mol. The number of nitrogens with zero attached hydrogens (tertiary/aromatic N) is 3. The summed E-state index contributed by atoms with van der Waals surface area (Å²) in [5.41, 5.74) is 0. The SMILES string of the molecule is CCCCCCCc1nc(CCC)nc(CCCCCCC)n1. The predicted molar refractivity (Wildman–Crippen MR) is 98.7 cm³/mol. The molecule has 0 fully saturated rings. The predicted octanol–water partition coefficient (Wildman–Crippen LogP) is 5.85. The van der Waals surface area contributed by atoms with Crippen LogP contribution in [0.25, 0.3) is 0 Å². The highest BCUT2D eigenvalue weighted by Crippen LogP contribution is 2.10. The fraction of sp³-hybridized carbons (Fsp3) is 0.850. The van der Waals surface area contributed by atoms with E-state index >= 15 is 0 Å². The lowest BCUT2D eigenvalue weighted by atomic mass is 10.1. The Labute approximate surface area is 143 Å². The number of rotatable bonds is 14. The molecule has 1 rings (SSSR count).